The molecule has 14 heteroatoms. The lowest BCUT2D eigenvalue weighted by molar-refractivity contribution is -0.274. The number of halogens is 3. The fourth-order valence-corrected chi connectivity index (χ4v) is 7.35. The largest absolute Gasteiger partial charge is 0.573 e. The quantitative estimate of drug-likeness (QED) is 0.626. The average Bonchev–Trinajstić information content (AvgIpc) is 3.10. The van der Waals surface area contributed by atoms with Crippen molar-refractivity contribution in [3.63, 3.8) is 0 Å². The molecule has 0 saturated carbocycles. The summed E-state index contributed by atoms with van der Waals surface area (Å²) in [6.07, 6.45) is -5.64. The van der Waals surface area contributed by atoms with Crippen LogP contribution in [0.15, 0.2) is 29.3 Å². The van der Waals surface area contributed by atoms with E-state index in [4.69, 9.17) is 4.74 Å². The van der Waals surface area contributed by atoms with Crippen LogP contribution in [0.5, 0.6) is 5.75 Å². The Kier molecular flexibility index (Phi) is 7.41. The number of aliphatic imine (C=N–C) groups is 1. The predicted molar refractivity (Wildman–Crippen MR) is 121 cm³/mol. The van der Waals surface area contributed by atoms with Gasteiger partial charge in [0.2, 0.25) is 5.91 Å². The summed E-state index contributed by atoms with van der Waals surface area (Å²) in [5.74, 6) is -1.25. The fraction of sp³-hybridized carbons (Fsp3) is 0.550. The molecule has 188 valence electrons. The van der Waals surface area contributed by atoms with Gasteiger partial charge in [0, 0.05) is 23.9 Å². The molecule has 1 N–H and O–H groups in total. The van der Waals surface area contributed by atoms with Crippen LogP contribution in [0.3, 0.4) is 0 Å². The minimum absolute atomic E-state index is 0.0140. The second-order valence-electron chi connectivity index (χ2n) is 8.68. The van der Waals surface area contributed by atoms with E-state index in [2.05, 4.69) is 15.0 Å². The van der Waals surface area contributed by atoms with Gasteiger partial charge in [0.1, 0.15) is 11.4 Å². The van der Waals surface area contributed by atoms with Crippen LogP contribution >= 0.6 is 11.8 Å². The van der Waals surface area contributed by atoms with E-state index in [0.717, 1.165) is 23.9 Å². The van der Waals surface area contributed by atoms with Crippen molar-refractivity contribution in [3.8, 4) is 5.75 Å². The molecule has 0 aliphatic carbocycles. The number of amidine groups is 1. The Balaban J connectivity index is 1.73. The summed E-state index contributed by atoms with van der Waals surface area (Å²) >= 11 is 1.13. The smallest absolute Gasteiger partial charge is 0.444 e. The number of ether oxygens (including phenoxy) is 2. The summed E-state index contributed by atoms with van der Waals surface area (Å²) in [5, 5.41) is 2.33. The number of alkyl carbamates (subject to hydrolysis) is 1. The molecule has 2 amide bonds. The van der Waals surface area contributed by atoms with E-state index in [1.165, 1.54) is 12.1 Å². The number of amides is 2. The third kappa shape index (κ3) is 7.26. The maximum absolute atomic E-state index is 12.4. The maximum Gasteiger partial charge on any atom is 0.573 e. The van der Waals surface area contributed by atoms with E-state index in [1.807, 2.05) is 0 Å². The van der Waals surface area contributed by atoms with Crippen LogP contribution in [0.25, 0.3) is 0 Å². The van der Waals surface area contributed by atoms with Gasteiger partial charge in [-0.3, -0.25) is 4.79 Å². The first-order valence-electron chi connectivity index (χ1n) is 10.2. The van der Waals surface area contributed by atoms with Crippen molar-refractivity contribution in [3.05, 3.63) is 24.3 Å². The Hall–Kier alpha value is -2.48. The number of nitrogens with one attached hydrogen (secondary N) is 1. The summed E-state index contributed by atoms with van der Waals surface area (Å²) in [4.78, 5) is 29.8. The molecule has 2 aliphatic rings. The highest BCUT2D eigenvalue weighted by Gasteiger charge is 2.49. The van der Waals surface area contributed by atoms with Gasteiger partial charge in [0.05, 0.1) is 17.5 Å². The predicted octanol–water partition coefficient (Wildman–Crippen LogP) is 3.10. The van der Waals surface area contributed by atoms with Crippen molar-refractivity contribution in [2.24, 2.45) is 4.99 Å². The molecule has 1 aromatic carbocycles. The van der Waals surface area contributed by atoms with Crippen LogP contribution in [0.1, 0.15) is 27.2 Å². The number of hydrogen-bond donors (Lipinski definition) is 1. The van der Waals surface area contributed by atoms with Gasteiger partial charge in [-0.15, -0.1) is 13.2 Å². The number of alkyl halides is 3. The number of carbonyl (C=O) groups is 2. The van der Waals surface area contributed by atoms with Crippen LogP contribution in [0, 0.1) is 0 Å². The molecule has 2 saturated heterocycles. The van der Waals surface area contributed by atoms with Crippen LogP contribution < -0.4 is 15.0 Å². The zero-order chi connectivity index (χ0) is 25.3. The number of nitrogens with zero attached hydrogens (tertiary/aromatic N) is 2. The molecule has 2 unspecified atom stereocenters. The van der Waals surface area contributed by atoms with E-state index in [9.17, 15) is 31.2 Å². The van der Waals surface area contributed by atoms with Gasteiger partial charge in [0.25, 0.3) is 0 Å². The van der Waals surface area contributed by atoms with Crippen molar-refractivity contribution >= 4 is 44.5 Å². The fourth-order valence-electron chi connectivity index (χ4n) is 3.42. The van der Waals surface area contributed by atoms with Gasteiger partial charge >= 0.3 is 12.5 Å². The first-order valence-corrected chi connectivity index (χ1v) is 12.9. The van der Waals surface area contributed by atoms with Gasteiger partial charge in [-0.1, -0.05) is 11.8 Å². The van der Waals surface area contributed by atoms with E-state index in [-0.39, 0.29) is 34.9 Å². The Bertz CT molecular complexity index is 1070. The molecule has 2 fully saturated rings. The number of thioether (sulfide) groups is 1. The molecule has 0 aromatic heterocycles. The third-order valence-electron chi connectivity index (χ3n) is 4.64. The minimum Gasteiger partial charge on any atom is -0.444 e. The second-order valence-corrected chi connectivity index (χ2v) is 12.0. The van der Waals surface area contributed by atoms with Gasteiger partial charge < -0.3 is 19.7 Å². The van der Waals surface area contributed by atoms with E-state index in [1.54, 1.807) is 25.7 Å². The zero-order valence-corrected chi connectivity index (χ0v) is 20.2. The number of hydrogen-bond acceptors (Lipinski definition) is 7. The summed E-state index contributed by atoms with van der Waals surface area (Å²) in [5.41, 5.74) is -0.307. The normalized spacial score (nSPS) is 23.0. The molecule has 3 rings (SSSR count). The molecule has 0 bridgehead atoms. The third-order valence-corrected chi connectivity index (χ3v) is 7.85. The zero-order valence-electron chi connectivity index (χ0n) is 18.6. The Morgan fingerprint density at radius 3 is 2.41 bits per heavy atom. The monoisotopic (exact) mass is 523 g/mol. The number of sulfone groups is 1. The van der Waals surface area contributed by atoms with Gasteiger partial charge in [-0.2, -0.15) is 4.99 Å². The lowest BCUT2D eigenvalue weighted by Gasteiger charge is -2.24. The van der Waals surface area contributed by atoms with Gasteiger partial charge in [0.15, 0.2) is 15.0 Å². The highest BCUT2D eigenvalue weighted by Crippen LogP contribution is 2.41. The van der Waals surface area contributed by atoms with Crippen LogP contribution in [0.2, 0.25) is 0 Å². The highest BCUT2D eigenvalue weighted by atomic mass is 32.2. The standard InChI is InChI=1S/C20H24F3N3O6S2/c1-19(2,3)32-18(28)24-9-8-16(27)25-17-26(14-10-34(29,30)11-15(14)33-17)12-4-6-13(7-5-12)31-20(21,22)23/h4-7,14-15H,8-11H2,1-3H3,(H,24,28). The second kappa shape index (κ2) is 9.64. The molecule has 2 aliphatic heterocycles. The van der Waals surface area contributed by atoms with Crippen molar-refractivity contribution in [1.29, 1.82) is 0 Å². The topological polar surface area (TPSA) is 114 Å². The molecule has 1 aromatic rings. The Morgan fingerprint density at radius 1 is 1.18 bits per heavy atom. The van der Waals surface area contributed by atoms with Crippen molar-refractivity contribution in [2.75, 3.05) is 23.0 Å². The number of fused-ring (bicyclic) bond motifs is 1. The van der Waals surface area contributed by atoms with E-state index >= 15 is 0 Å². The SMILES string of the molecule is CC(C)(C)OC(=O)NCCC(=O)N=C1SC2CS(=O)(=O)CC2N1c1ccc(OC(F)(F)F)cc1. The van der Waals surface area contributed by atoms with Gasteiger partial charge in [-0.05, 0) is 45.0 Å². The molecule has 2 atom stereocenters. The van der Waals surface area contributed by atoms with Gasteiger partial charge in [-0.25, -0.2) is 13.2 Å². The lowest BCUT2D eigenvalue weighted by Crippen LogP contribution is -2.37. The molecular formula is C20H24F3N3O6S2. The number of rotatable bonds is 5. The highest BCUT2D eigenvalue weighted by molar-refractivity contribution is 8.16. The Morgan fingerprint density at radius 2 is 1.82 bits per heavy atom. The average molecular weight is 524 g/mol. The number of carbonyl (C=O) groups excluding carboxylic acids is 2. The minimum atomic E-state index is -4.85. The lowest BCUT2D eigenvalue weighted by atomic mass is 10.2. The first kappa shape index (κ1) is 26.1. The molecule has 0 radical (unpaired) electrons. The van der Waals surface area contributed by atoms with Crippen LogP contribution in [-0.2, 0) is 19.4 Å². The summed E-state index contributed by atoms with van der Waals surface area (Å²) < 4.78 is 70.6. The molecule has 34 heavy (non-hydrogen) atoms. The number of benzene rings is 1. The number of anilines is 1. The van der Waals surface area contributed by atoms with E-state index < -0.39 is 45.6 Å². The molecular weight excluding hydrogens is 499 g/mol. The summed E-state index contributed by atoms with van der Waals surface area (Å²) in [6.45, 7) is 5.09. The van der Waals surface area contributed by atoms with Crippen molar-refractivity contribution < 1.29 is 40.7 Å². The van der Waals surface area contributed by atoms with Crippen LogP contribution in [-0.4, -0.2) is 66.9 Å². The van der Waals surface area contributed by atoms with Crippen molar-refractivity contribution in [1.82, 2.24) is 5.32 Å². The molecule has 0 spiro atoms. The summed E-state index contributed by atoms with van der Waals surface area (Å²) in [6, 6.07) is 4.39. The Labute approximate surface area is 199 Å². The first-order chi connectivity index (χ1) is 15.6. The van der Waals surface area contributed by atoms with Crippen molar-refractivity contribution in [2.45, 2.75) is 50.4 Å². The van der Waals surface area contributed by atoms with Crippen LogP contribution in [0.4, 0.5) is 23.7 Å². The van der Waals surface area contributed by atoms with E-state index in [0.29, 0.717) is 5.69 Å². The molecule has 2 heterocycles. The summed E-state index contributed by atoms with van der Waals surface area (Å²) in [7, 11) is -3.31. The molecule has 9 nitrogen and oxygen atoms in total. The maximum atomic E-state index is 12.4.